The molecule has 2 aliphatic rings. The Kier molecular flexibility index (Phi) is 6.40. The fourth-order valence-electron chi connectivity index (χ4n) is 4.55. The van der Waals surface area contributed by atoms with Gasteiger partial charge in [0.05, 0.1) is 25.0 Å². The Balaban J connectivity index is 1.23. The summed E-state index contributed by atoms with van der Waals surface area (Å²) in [7, 11) is 3.11. The second-order valence-electron chi connectivity index (χ2n) is 8.72. The van der Waals surface area contributed by atoms with Crippen molar-refractivity contribution in [2.45, 2.75) is 6.23 Å². The molecule has 1 N–H and O–H groups in total. The van der Waals surface area contributed by atoms with E-state index in [4.69, 9.17) is 21.7 Å². The number of ether oxygens (including phenoxy) is 2. The number of aromatic amines is 1. The van der Waals surface area contributed by atoms with Crippen LogP contribution in [0.15, 0.2) is 48.5 Å². The molecule has 0 aliphatic carbocycles. The fourth-order valence-corrected chi connectivity index (χ4v) is 4.67. The second-order valence-corrected chi connectivity index (χ2v) is 9.06. The molecule has 9 nitrogen and oxygen atoms in total. The van der Waals surface area contributed by atoms with Crippen molar-refractivity contribution in [1.82, 2.24) is 14.8 Å². The standard InChI is InChI=1S/C25H26FN5O4S/c1-28(25(36)34-2)22-15-31(24(33)35-22)17-7-8-21(18(26)14-17)29-9-11-30(12-10-29)23(32)20-13-16-5-3-4-6-19(16)27-20/h3-8,13-14,22,27H,9-12,15H2,1-2H3/t22-/m0/s1. The number of halogens is 1. The van der Waals surface area contributed by atoms with E-state index in [0.717, 1.165) is 10.9 Å². The summed E-state index contributed by atoms with van der Waals surface area (Å²) in [6, 6.07) is 14.3. The van der Waals surface area contributed by atoms with Crippen molar-refractivity contribution in [2.24, 2.45) is 0 Å². The van der Waals surface area contributed by atoms with Crippen LogP contribution in [0.5, 0.6) is 0 Å². The summed E-state index contributed by atoms with van der Waals surface area (Å²) in [6.07, 6.45) is -1.21. The predicted octanol–water partition coefficient (Wildman–Crippen LogP) is 3.42. The minimum atomic E-state index is -0.629. The van der Waals surface area contributed by atoms with E-state index in [0.29, 0.717) is 43.2 Å². The largest absolute Gasteiger partial charge is 0.474 e. The van der Waals surface area contributed by atoms with Gasteiger partial charge in [-0.2, -0.15) is 0 Å². The number of benzene rings is 2. The van der Waals surface area contributed by atoms with Gasteiger partial charge in [-0.3, -0.25) is 14.6 Å². The Morgan fingerprint density at radius 3 is 2.61 bits per heavy atom. The number of para-hydroxylation sites is 1. The molecule has 0 radical (unpaired) electrons. The molecule has 3 aromatic rings. The van der Waals surface area contributed by atoms with Crippen LogP contribution in [0.2, 0.25) is 0 Å². The average molecular weight is 512 g/mol. The van der Waals surface area contributed by atoms with E-state index in [9.17, 15) is 9.59 Å². The Morgan fingerprint density at radius 2 is 1.92 bits per heavy atom. The molecule has 2 aromatic carbocycles. The fraction of sp³-hybridized carbons (Fsp3) is 0.320. The Labute approximate surface area is 212 Å². The lowest BCUT2D eigenvalue weighted by atomic mass is 10.2. The van der Waals surface area contributed by atoms with Gasteiger partial charge in [0.25, 0.3) is 11.1 Å². The highest BCUT2D eigenvalue weighted by atomic mass is 32.1. The maximum absolute atomic E-state index is 15.1. The number of nitrogens with zero attached hydrogens (tertiary/aromatic N) is 4. The molecular formula is C25H26FN5O4S. The second kappa shape index (κ2) is 9.65. The van der Waals surface area contributed by atoms with Crippen LogP contribution in [0.4, 0.5) is 20.6 Å². The quantitative estimate of drug-likeness (QED) is 0.538. The number of carbonyl (C=O) groups excluding carboxylic acids is 2. The van der Waals surface area contributed by atoms with Crippen molar-refractivity contribution >= 4 is 51.7 Å². The van der Waals surface area contributed by atoms with Gasteiger partial charge in [0, 0.05) is 44.1 Å². The zero-order valence-electron chi connectivity index (χ0n) is 19.9. The zero-order chi connectivity index (χ0) is 25.4. The van der Waals surface area contributed by atoms with E-state index < -0.39 is 18.1 Å². The number of thiocarbonyl (C=S) groups is 1. The van der Waals surface area contributed by atoms with Crippen molar-refractivity contribution in [2.75, 3.05) is 56.7 Å². The van der Waals surface area contributed by atoms with Crippen LogP contribution < -0.4 is 9.80 Å². The monoisotopic (exact) mass is 511 g/mol. The highest BCUT2D eigenvalue weighted by Gasteiger charge is 2.36. The molecule has 1 aromatic heterocycles. The lowest BCUT2D eigenvalue weighted by Crippen LogP contribution is -2.49. The van der Waals surface area contributed by atoms with Crippen molar-refractivity contribution in [3.05, 3.63) is 60.0 Å². The lowest BCUT2D eigenvalue weighted by molar-refractivity contribution is 0.0677. The number of likely N-dealkylation sites (N-methyl/N-ethyl adjacent to an activating group) is 1. The summed E-state index contributed by atoms with van der Waals surface area (Å²) in [6.45, 7) is 2.12. The van der Waals surface area contributed by atoms with Crippen LogP contribution >= 0.6 is 12.2 Å². The number of anilines is 2. The number of fused-ring (bicyclic) bond motifs is 1. The van der Waals surface area contributed by atoms with E-state index in [1.54, 1.807) is 24.1 Å². The molecule has 0 unspecified atom stereocenters. The molecule has 2 aliphatic heterocycles. The van der Waals surface area contributed by atoms with E-state index in [-0.39, 0.29) is 17.6 Å². The summed E-state index contributed by atoms with van der Waals surface area (Å²) in [4.78, 5) is 35.1. The molecule has 0 bridgehead atoms. The van der Waals surface area contributed by atoms with Crippen molar-refractivity contribution < 1.29 is 23.5 Å². The lowest BCUT2D eigenvalue weighted by Gasteiger charge is -2.36. The van der Waals surface area contributed by atoms with Gasteiger partial charge in [-0.1, -0.05) is 18.2 Å². The normalized spacial score (nSPS) is 17.9. The Morgan fingerprint density at radius 1 is 1.17 bits per heavy atom. The molecule has 2 amide bonds. The third kappa shape index (κ3) is 4.41. The van der Waals surface area contributed by atoms with E-state index >= 15 is 4.39 Å². The minimum absolute atomic E-state index is 0.0679. The number of methoxy groups -OCH3 is 1. The van der Waals surface area contributed by atoms with Gasteiger partial charge in [0.15, 0.2) is 6.23 Å². The summed E-state index contributed by atoms with van der Waals surface area (Å²) in [5.41, 5.74) is 2.29. The number of hydrogen-bond donors (Lipinski definition) is 1. The number of nitrogens with one attached hydrogen (secondary N) is 1. The van der Waals surface area contributed by atoms with E-state index in [2.05, 4.69) is 4.98 Å². The van der Waals surface area contributed by atoms with Crippen LogP contribution in [0.1, 0.15) is 10.5 Å². The number of rotatable bonds is 4. The number of H-pyrrole nitrogens is 1. The van der Waals surface area contributed by atoms with Gasteiger partial charge < -0.3 is 24.3 Å². The number of aromatic nitrogens is 1. The summed E-state index contributed by atoms with van der Waals surface area (Å²) >= 11 is 5.09. The molecule has 36 heavy (non-hydrogen) atoms. The molecule has 2 saturated heterocycles. The highest BCUT2D eigenvalue weighted by molar-refractivity contribution is 7.80. The maximum Gasteiger partial charge on any atom is 0.416 e. The first-order valence-corrected chi connectivity index (χ1v) is 12.0. The molecule has 5 rings (SSSR count). The predicted molar refractivity (Wildman–Crippen MR) is 138 cm³/mol. The molecular weight excluding hydrogens is 485 g/mol. The topological polar surface area (TPSA) is 81.4 Å². The summed E-state index contributed by atoms with van der Waals surface area (Å²) in [5.74, 6) is -0.512. The van der Waals surface area contributed by atoms with Crippen molar-refractivity contribution in [1.29, 1.82) is 0 Å². The maximum atomic E-state index is 15.1. The number of piperazine rings is 1. The summed E-state index contributed by atoms with van der Waals surface area (Å²) in [5, 5.41) is 1.18. The molecule has 3 heterocycles. The van der Waals surface area contributed by atoms with Crippen LogP contribution in [0.3, 0.4) is 0 Å². The Bertz CT molecular complexity index is 1290. The van der Waals surface area contributed by atoms with Crippen LogP contribution in [-0.2, 0) is 9.47 Å². The van der Waals surface area contributed by atoms with E-state index in [1.807, 2.05) is 35.2 Å². The third-order valence-corrected chi connectivity index (χ3v) is 7.06. The molecule has 188 valence electrons. The number of amides is 2. The SMILES string of the molecule is COC(=S)N(C)[C@@H]1CN(c2ccc(N3CCN(C(=O)c4cc5ccccc5[nH]4)CC3)c(F)c2)C(=O)O1. The zero-order valence-corrected chi connectivity index (χ0v) is 20.8. The molecule has 0 spiro atoms. The third-order valence-electron chi connectivity index (χ3n) is 6.60. The van der Waals surface area contributed by atoms with Gasteiger partial charge in [0.1, 0.15) is 11.5 Å². The van der Waals surface area contributed by atoms with Crippen molar-refractivity contribution in [3.8, 4) is 0 Å². The van der Waals surface area contributed by atoms with Crippen LogP contribution in [-0.4, -0.2) is 85.1 Å². The van der Waals surface area contributed by atoms with E-state index in [1.165, 1.54) is 23.0 Å². The number of cyclic esters (lactones) is 1. The van der Waals surface area contributed by atoms with Gasteiger partial charge in [-0.25, -0.2) is 9.18 Å². The Hall–Kier alpha value is -3.86. The molecule has 2 fully saturated rings. The van der Waals surface area contributed by atoms with Gasteiger partial charge in [0.2, 0.25) is 0 Å². The molecule has 0 saturated carbocycles. The minimum Gasteiger partial charge on any atom is -0.474 e. The first kappa shape index (κ1) is 23.9. The molecule has 11 heteroatoms. The van der Waals surface area contributed by atoms with Gasteiger partial charge in [-0.15, -0.1) is 0 Å². The van der Waals surface area contributed by atoms with Gasteiger partial charge >= 0.3 is 6.09 Å². The van der Waals surface area contributed by atoms with Gasteiger partial charge in [-0.05, 0) is 42.5 Å². The number of carbonyl (C=O) groups is 2. The first-order chi connectivity index (χ1) is 17.4. The average Bonchev–Trinajstić information content (AvgIpc) is 3.51. The molecule has 1 atom stereocenters. The van der Waals surface area contributed by atoms with Crippen molar-refractivity contribution in [3.63, 3.8) is 0 Å². The van der Waals surface area contributed by atoms with Crippen LogP contribution in [0, 0.1) is 5.82 Å². The summed E-state index contributed by atoms with van der Waals surface area (Å²) < 4.78 is 25.5. The first-order valence-electron chi connectivity index (χ1n) is 11.6. The van der Waals surface area contributed by atoms with Crippen LogP contribution in [0.25, 0.3) is 10.9 Å². The number of hydrogen-bond acceptors (Lipinski definition) is 6. The highest BCUT2D eigenvalue weighted by Crippen LogP contribution is 2.29. The smallest absolute Gasteiger partial charge is 0.416 e.